The fourth-order valence-electron chi connectivity index (χ4n) is 2.38. The van der Waals surface area contributed by atoms with Gasteiger partial charge < -0.3 is 15.3 Å². The zero-order chi connectivity index (χ0) is 15.7. The topological polar surface area (TPSA) is 52.6 Å². The van der Waals surface area contributed by atoms with E-state index >= 15 is 0 Å². The number of hydrogen-bond acceptors (Lipinski definition) is 2. The van der Waals surface area contributed by atoms with E-state index in [9.17, 15) is 4.79 Å². The van der Waals surface area contributed by atoms with Gasteiger partial charge in [-0.15, -0.1) is 0 Å². The number of anilines is 1. The lowest BCUT2D eigenvalue weighted by Crippen LogP contribution is -2.38. The molecule has 0 spiro atoms. The molecule has 2 N–H and O–H groups in total. The number of nitrogens with one attached hydrogen (secondary N) is 1. The number of amides is 2. The van der Waals surface area contributed by atoms with Gasteiger partial charge in [0.2, 0.25) is 0 Å². The molecule has 0 aliphatic heterocycles. The van der Waals surface area contributed by atoms with Gasteiger partial charge in [0.15, 0.2) is 0 Å². The van der Waals surface area contributed by atoms with Crippen molar-refractivity contribution in [2.24, 2.45) is 0 Å². The minimum Gasteiger partial charge on any atom is -0.395 e. The molecule has 118 valence electrons. The Morgan fingerprint density at radius 2 is 2.00 bits per heavy atom. The number of para-hydroxylation sites is 1. The van der Waals surface area contributed by atoms with Crippen LogP contribution in [0.2, 0.25) is 0 Å². The summed E-state index contributed by atoms with van der Waals surface area (Å²) < 4.78 is 0. The van der Waals surface area contributed by atoms with E-state index in [2.05, 4.69) is 19.2 Å². The number of unbranched alkanes of at least 4 members (excludes halogenated alkanes) is 2. The molecule has 4 nitrogen and oxygen atoms in total. The molecule has 1 aromatic carbocycles. The van der Waals surface area contributed by atoms with E-state index in [0.717, 1.165) is 42.5 Å². The Balaban J connectivity index is 2.76. The SMILES string of the molecule is CCCCCN(CCO)C(=O)Nc1c(C)cccc1CC. The van der Waals surface area contributed by atoms with Gasteiger partial charge in [-0.25, -0.2) is 4.79 Å². The van der Waals surface area contributed by atoms with Crippen LogP contribution in [0.4, 0.5) is 10.5 Å². The van der Waals surface area contributed by atoms with E-state index < -0.39 is 0 Å². The molecule has 0 heterocycles. The standard InChI is InChI=1S/C17H28N2O2/c1-4-6-7-11-19(12-13-20)17(21)18-16-14(3)9-8-10-15(16)5-2/h8-10,20H,4-7,11-13H2,1-3H3,(H,18,21). The van der Waals surface area contributed by atoms with Crippen LogP contribution in [-0.2, 0) is 6.42 Å². The average Bonchev–Trinajstić information content (AvgIpc) is 2.48. The van der Waals surface area contributed by atoms with Crippen LogP contribution < -0.4 is 5.32 Å². The van der Waals surface area contributed by atoms with Gasteiger partial charge in [0.1, 0.15) is 0 Å². The molecule has 0 fully saturated rings. The first-order valence-corrected chi connectivity index (χ1v) is 7.89. The number of hydrogen-bond donors (Lipinski definition) is 2. The highest BCUT2D eigenvalue weighted by Crippen LogP contribution is 2.21. The van der Waals surface area contributed by atoms with Crippen molar-refractivity contribution in [3.05, 3.63) is 29.3 Å². The molecular formula is C17H28N2O2. The molecule has 0 unspecified atom stereocenters. The van der Waals surface area contributed by atoms with Gasteiger partial charge in [-0.3, -0.25) is 0 Å². The maximum atomic E-state index is 12.4. The zero-order valence-corrected chi connectivity index (χ0v) is 13.5. The molecule has 21 heavy (non-hydrogen) atoms. The van der Waals surface area contributed by atoms with Gasteiger partial charge >= 0.3 is 6.03 Å². The highest BCUT2D eigenvalue weighted by molar-refractivity contribution is 5.91. The summed E-state index contributed by atoms with van der Waals surface area (Å²) in [5, 5.41) is 12.2. The van der Waals surface area contributed by atoms with Gasteiger partial charge in [0.25, 0.3) is 0 Å². The Bertz CT molecular complexity index is 446. The van der Waals surface area contributed by atoms with Crippen LogP contribution in [0.1, 0.15) is 44.2 Å². The maximum Gasteiger partial charge on any atom is 0.321 e. The van der Waals surface area contributed by atoms with Crippen molar-refractivity contribution in [2.75, 3.05) is 25.0 Å². The lowest BCUT2D eigenvalue weighted by atomic mass is 10.1. The number of aliphatic hydroxyl groups is 1. The van der Waals surface area contributed by atoms with Crippen LogP contribution in [0.3, 0.4) is 0 Å². The van der Waals surface area contributed by atoms with E-state index in [1.165, 1.54) is 0 Å². The predicted octanol–water partition coefficient (Wildman–Crippen LogP) is 3.57. The Morgan fingerprint density at radius 1 is 1.24 bits per heavy atom. The second-order valence-corrected chi connectivity index (χ2v) is 5.31. The van der Waals surface area contributed by atoms with E-state index in [1.807, 2.05) is 25.1 Å². The number of carbonyl (C=O) groups excluding carboxylic acids is 1. The summed E-state index contributed by atoms with van der Waals surface area (Å²) in [6.07, 6.45) is 4.07. The predicted molar refractivity (Wildman–Crippen MR) is 87.8 cm³/mol. The van der Waals surface area contributed by atoms with E-state index in [0.29, 0.717) is 13.1 Å². The molecule has 0 saturated heterocycles. The third-order valence-electron chi connectivity index (χ3n) is 3.66. The van der Waals surface area contributed by atoms with Crippen LogP contribution in [0.15, 0.2) is 18.2 Å². The molecule has 0 radical (unpaired) electrons. The number of rotatable bonds is 8. The number of aryl methyl sites for hydroxylation is 2. The first-order valence-electron chi connectivity index (χ1n) is 7.89. The summed E-state index contributed by atoms with van der Waals surface area (Å²) in [4.78, 5) is 14.1. The smallest absolute Gasteiger partial charge is 0.321 e. The molecule has 0 saturated carbocycles. The van der Waals surface area contributed by atoms with Crippen molar-refractivity contribution in [3.63, 3.8) is 0 Å². The quantitative estimate of drug-likeness (QED) is 0.720. The molecule has 4 heteroatoms. The summed E-state index contributed by atoms with van der Waals surface area (Å²) in [5.74, 6) is 0. The van der Waals surface area contributed by atoms with E-state index in [4.69, 9.17) is 5.11 Å². The summed E-state index contributed by atoms with van der Waals surface area (Å²) in [6.45, 7) is 7.28. The Kier molecular flexibility index (Phi) is 7.83. The number of aliphatic hydroxyl groups excluding tert-OH is 1. The largest absolute Gasteiger partial charge is 0.395 e. The van der Waals surface area contributed by atoms with Gasteiger partial charge in [-0.1, -0.05) is 44.9 Å². The Morgan fingerprint density at radius 3 is 2.62 bits per heavy atom. The van der Waals surface area contributed by atoms with Gasteiger partial charge in [-0.05, 0) is 30.9 Å². The summed E-state index contributed by atoms with van der Waals surface area (Å²) in [7, 11) is 0. The third kappa shape index (κ3) is 5.38. The van der Waals surface area contributed by atoms with Crippen molar-refractivity contribution in [2.45, 2.75) is 46.5 Å². The fraction of sp³-hybridized carbons (Fsp3) is 0.588. The number of urea groups is 1. The third-order valence-corrected chi connectivity index (χ3v) is 3.66. The first kappa shape index (κ1) is 17.5. The molecule has 0 aliphatic rings. The van der Waals surface area contributed by atoms with E-state index in [1.54, 1.807) is 4.90 Å². The molecule has 0 atom stereocenters. The monoisotopic (exact) mass is 292 g/mol. The lowest BCUT2D eigenvalue weighted by molar-refractivity contribution is 0.187. The molecule has 0 aliphatic carbocycles. The highest BCUT2D eigenvalue weighted by Gasteiger charge is 2.15. The molecule has 2 amide bonds. The van der Waals surface area contributed by atoms with Crippen molar-refractivity contribution >= 4 is 11.7 Å². The number of carbonyl (C=O) groups is 1. The first-order chi connectivity index (χ1) is 10.1. The Labute approximate surface area is 128 Å². The number of benzene rings is 1. The van der Waals surface area contributed by atoms with Crippen molar-refractivity contribution in [1.29, 1.82) is 0 Å². The van der Waals surface area contributed by atoms with Crippen molar-refractivity contribution in [3.8, 4) is 0 Å². The summed E-state index contributed by atoms with van der Waals surface area (Å²) in [5.41, 5.74) is 3.12. The summed E-state index contributed by atoms with van der Waals surface area (Å²) in [6, 6.07) is 5.93. The second-order valence-electron chi connectivity index (χ2n) is 5.31. The molecule has 0 bridgehead atoms. The van der Waals surface area contributed by atoms with Crippen molar-refractivity contribution in [1.82, 2.24) is 4.90 Å². The molecule has 1 rings (SSSR count). The maximum absolute atomic E-state index is 12.4. The van der Waals surface area contributed by atoms with Gasteiger partial charge in [-0.2, -0.15) is 0 Å². The number of nitrogens with zero attached hydrogens (tertiary/aromatic N) is 1. The van der Waals surface area contributed by atoms with Gasteiger partial charge in [0, 0.05) is 18.8 Å². The van der Waals surface area contributed by atoms with Crippen molar-refractivity contribution < 1.29 is 9.90 Å². The minimum atomic E-state index is -0.121. The minimum absolute atomic E-state index is 0.00600. The Hall–Kier alpha value is -1.55. The lowest BCUT2D eigenvalue weighted by Gasteiger charge is -2.23. The highest BCUT2D eigenvalue weighted by atomic mass is 16.3. The fourth-order valence-corrected chi connectivity index (χ4v) is 2.38. The normalized spacial score (nSPS) is 10.5. The van der Waals surface area contributed by atoms with E-state index in [-0.39, 0.29) is 12.6 Å². The summed E-state index contributed by atoms with van der Waals surface area (Å²) >= 11 is 0. The molecule has 1 aromatic rings. The zero-order valence-electron chi connectivity index (χ0n) is 13.5. The van der Waals surface area contributed by atoms with Crippen LogP contribution in [0.25, 0.3) is 0 Å². The van der Waals surface area contributed by atoms with Gasteiger partial charge in [0.05, 0.1) is 6.61 Å². The van der Waals surface area contributed by atoms with Crippen LogP contribution >= 0.6 is 0 Å². The van der Waals surface area contributed by atoms with Crippen LogP contribution in [-0.4, -0.2) is 35.7 Å². The molecular weight excluding hydrogens is 264 g/mol. The van der Waals surface area contributed by atoms with Crippen LogP contribution in [0.5, 0.6) is 0 Å². The molecule has 0 aromatic heterocycles. The second kappa shape index (κ2) is 9.40. The van der Waals surface area contributed by atoms with Crippen LogP contribution in [0, 0.1) is 6.92 Å². The average molecular weight is 292 g/mol.